The Balaban J connectivity index is 3.57. The van der Waals surface area contributed by atoms with Gasteiger partial charge in [-0.15, -0.1) is 13.2 Å². The second kappa shape index (κ2) is 6.49. The minimum atomic E-state index is -5.41. The van der Waals surface area contributed by atoms with Crippen molar-refractivity contribution in [2.24, 2.45) is 0 Å². The Morgan fingerprint density at radius 3 is 2.45 bits per heavy atom. The van der Waals surface area contributed by atoms with E-state index in [2.05, 4.69) is 14.5 Å². The van der Waals surface area contributed by atoms with Crippen LogP contribution in [-0.4, -0.2) is 29.3 Å². The van der Waals surface area contributed by atoms with Crippen LogP contribution in [0.25, 0.3) is 0 Å². The lowest BCUT2D eigenvalue weighted by atomic mass is 10.1. The monoisotopic (exact) mass is 330 g/mol. The highest BCUT2D eigenvalue weighted by Gasteiger charge is 2.38. The van der Waals surface area contributed by atoms with Crippen LogP contribution >= 0.6 is 0 Å². The number of methoxy groups -OCH3 is 1. The van der Waals surface area contributed by atoms with E-state index in [0.717, 1.165) is 7.11 Å². The number of ether oxygens (including phenoxy) is 2. The largest absolute Gasteiger partial charge is 0.573 e. The number of alkyl halides is 5. The van der Waals surface area contributed by atoms with Crippen molar-refractivity contribution in [3.8, 4) is 5.75 Å². The van der Waals surface area contributed by atoms with Crippen LogP contribution in [0.15, 0.2) is 6.20 Å². The first-order valence-electron chi connectivity index (χ1n) is 5.33. The Kier molecular flexibility index (Phi) is 5.17. The fourth-order valence-corrected chi connectivity index (χ4v) is 1.47. The number of hydrogen-bond acceptors (Lipinski definition) is 6. The molecule has 0 aliphatic rings. The average molecular weight is 330 g/mol. The highest BCUT2D eigenvalue weighted by atomic mass is 19.4. The Labute approximate surface area is 118 Å². The molecular weight excluding hydrogens is 323 g/mol. The van der Waals surface area contributed by atoms with Gasteiger partial charge in [-0.05, 0) is 0 Å². The van der Waals surface area contributed by atoms with Crippen molar-refractivity contribution in [1.29, 1.82) is 0 Å². The first-order chi connectivity index (χ1) is 10.1. The number of carbonyl (C=O) groups excluding carboxylic acids is 1. The maximum atomic E-state index is 12.7. The third-order valence-corrected chi connectivity index (χ3v) is 2.31. The van der Waals surface area contributed by atoms with E-state index in [1.807, 2.05) is 0 Å². The topological polar surface area (TPSA) is 91.6 Å². The molecule has 0 aliphatic heterocycles. The van der Waals surface area contributed by atoms with Crippen LogP contribution < -0.4 is 4.74 Å². The maximum absolute atomic E-state index is 12.7. The molecule has 0 saturated heterocycles. The summed E-state index contributed by atoms with van der Waals surface area (Å²) in [5.74, 6) is -2.76. The Morgan fingerprint density at radius 1 is 1.45 bits per heavy atom. The number of esters is 1. The zero-order valence-electron chi connectivity index (χ0n) is 10.7. The van der Waals surface area contributed by atoms with Gasteiger partial charge in [0.25, 0.3) is 12.1 Å². The molecule has 0 radical (unpaired) electrons. The number of nitro groups is 1. The van der Waals surface area contributed by atoms with Crippen LogP contribution in [0.4, 0.5) is 27.6 Å². The van der Waals surface area contributed by atoms with Gasteiger partial charge < -0.3 is 9.47 Å². The van der Waals surface area contributed by atoms with Gasteiger partial charge in [0.1, 0.15) is 11.9 Å². The lowest BCUT2D eigenvalue weighted by Crippen LogP contribution is -2.21. The fourth-order valence-electron chi connectivity index (χ4n) is 1.47. The number of rotatable bonds is 5. The summed E-state index contributed by atoms with van der Waals surface area (Å²) in [5.41, 5.74) is -3.55. The van der Waals surface area contributed by atoms with Gasteiger partial charge in [0, 0.05) is 0 Å². The minimum absolute atomic E-state index is 0.322. The van der Waals surface area contributed by atoms with Gasteiger partial charge in [-0.1, -0.05) is 0 Å². The second-order valence-electron chi connectivity index (χ2n) is 3.69. The second-order valence-corrected chi connectivity index (χ2v) is 3.69. The molecule has 12 heteroatoms. The van der Waals surface area contributed by atoms with Crippen molar-refractivity contribution in [3.05, 3.63) is 27.6 Å². The van der Waals surface area contributed by atoms with E-state index in [0.29, 0.717) is 6.20 Å². The van der Waals surface area contributed by atoms with E-state index in [-0.39, 0.29) is 0 Å². The van der Waals surface area contributed by atoms with E-state index >= 15 is 0 Å². The zero-order chi connectivity index (χ0) is 17.1. The van der Waals surface area contributed by atoms with Crippen molar-refractivity contribution in [2.45, 2.75) is 19.2 Å². The SMILES string of the molecule is COC(=O)Cc1c([N+](=O)[O-])cnc(C(F)F)c1OC(F)(F)F. The summed E-state index contributed by atoms with van der Waals surface area (Å²) < 4.78 is 70.1. The molecule has 0 aliphatic carbocycles. The predicted octanol–water partition coefficient (Wildman–Crippen LogP) is 2.54. The molecule has 0 aromatic carbocycles. The summed E-state index contributed by atoms with van der Waals surface area (Å²) in [6, 6.07) is 0. The van der Waals surface area contributed by atoms with Gasteiger partial charge in [-0.25, -0.2) is 13.8 Å². The zero-order valence-corrected chi connectivity index (χ0v) is 10.7. The van der Waals surface area contributed by atoms with Crippen LogP contribution in [0.3, 0.4) is 0 Å². The molecule has 0 spiro atoms. The van der Waals surface area contributed by atoms with Crippen molar-refractivity contribution < 1.29 is 41.1 Å². The summed E-state index contributed by atoms with van der Waals surface area (Å²) in [5, 5.41) is 10.8. The average Bonchev–Trinajstić information content (AvgIpc) is 2.37. The van der Waals surface area contributed by atoms with Gasteiger partial charge in [-0.2, -0.15) is 0 Å². The third-order valence-electron chi connectivity index (χ3n) is 2.31. The standard InChI is InChI=1S/C10H7F5N2O5/c1-21-6(18)2-4-5(17(19)20)3-16-7(9(11)12)8(4)22-10(13,14)15/h3,9H,2H2,1H3. The molecular formula is C10H7F5N2O5. The minimum Gasteiger partial charge on any atom is -0.469 e. The summed E-state index contributed by atoms with van der Waals surface area (Å²) in [6.07, 6.45) is -9.66. The number of hydrogen-bond donors (Lipinski definition) is 0. The molecule has 0 N–H and O–H groups in total. The molecule has 0 unspecified atom stereocenters. The first kappa shape index (κ1) is 17.5. The molecule has 1 aromatic rings. The van der Waals surface area contributed by atoms with E-state index in [1.54, 1.807) is 0 Å². The van der Waals surface area contributed by atoms with Crippen LogP contribution in [0.1, 0.15) is 17.7 Å². The van der Waals surface area contributed by atoms with Crippen molar-refractivity contribution in [3.63, 3.8) is 0 Å². The molecule has 0 amide bonds. The summed E-state index contributed by atoms with van der Waals surface area (Å²) in [7, 11) is 0.869. The molecule has 7 nitrogen and oxygen atoms in total. The van der Waals surface area contributed by atoms with Gasteiger partial charge in [0.15, 0.2) is 5.75 Å². The van der Waals surface area contributed by atoms with Crippen LogP contribution in [0, 0.1) is 10.1 Å². The van der Waals surface area contributed by atoms with E-state index < -0.39 is 52.8 Å². The number of aromatic nitrogens is 1. The van der Waals surface area contributed by atoms with Crippen LogP contribution in [0.2, 0.25) is 0 Å². The van der Waals surface area contributed by atoms with Gasteiger partial charge >= 0.3 is 12.3 Å². The lowest BCUT2D eigenvalue weighted by Gasteiger charge is -2.15. The van der Waals surface area contributed by atoms with E-state index in [1.165, 1.54) is 0 Å². The molecule has 0 saturated carbocycles. The Bertz CT molecular complexity index is 590. The van der Waals surface area contributed by atoms with Crippen molar-refractivity contribution in [1.82, 2.24) is 4.98 Å². The molecule has 1 aromatic heterocycles. The number of pyridine rings is 1. The molecule has 1 heterocycles. The summed E-state index contributed by atoms with van der Waals surface area (Å²) in [4.78, 5) is 23.7. The third kappa shape index (κ3) is 4.23. The van der Waals surface area contributed by atoms with Crippen molar-refractivity contribution in [2.75, 3.05) is 7.11 Å². The molecule has 1 rings (SSSR count). The molecule has 0 bridgehead atoms. The molecule has 122 valence electrons. The highest BCUT2D eigenvalue weighted by molar-refractivity contribution is 5.75. The first-order valence-corrected chi connectivity index (χ1v) is 5.33. The van der Waals surface area contributed by atoms with Crippen molar-refractivity contribution >= 4 is 11.7 Å². The van der Waals surface area contributed by atoms with Gasteiger partial charge in [0.2, 0.25) is 0 Å². The fraction of sp³-hybridized carbons (Fsp3) is 0.400. The number of carbonyl (C=O) groups is 1. The normalized spacial score (nSPS) is 11.4. The molecule has 0 atom stereocenters. The quantitative estimate of drug-likeness (QED) is 0.357. The highest BCUT2D eigenvalue weighted by Crippen LogP contribution is 2.38. The molecule has 22 heavy (non-hydrogen) atoms. The number of halogens is 5. The van der Waals surface area contributed by atoms with E-state index in [4.69, 9.17) is 0 Å². The lowest BCUT2D eigenvalue weighted by molar-refractivity contribution is -0.386. The number of nitrogens with zero attached hydrogens (tertiary/aromatic N) is 2. The Morgan fingerprint density at radius 2 is 2.05 bits per heavy atom. The summed E-state index contributed by atoms with van der Waals surface area (Å²) >= 11 is 0. The van der Waals surface area contributed by atoms with Gasteiger partial charge in [0.05, 0.1) is 24.0 Å². The smallest absolute Gasteiger partial charge is 0.469 e. The van der Waals surface area contributed by atoms with Crippen LogP contribution in [0.5, 0.6) is 5.75 Å². The maximum Gasteiger partial charge on any atom is 0.573 e. The van der Waals surface area contributed by atoms with E-state index in [9.17, 15) is 36.9 Å². The van der Waals surface area contributed by atoms with Gasteiger partial charge in [-0.3, -0.25) is 14.9 Å². The molecule has 0 fully saturated rings. The summed E-state index contributed by atoms with van der Waals surface area (Å²) in [6.45, 7) is 0. The predicted molar refractivity (Wildman–Crippen MR) is 58.3 cm³/mol. The Hall–Kier alpha value is -2.53. The van der Waals surface area contributed by atoms with Crippen LogP contribution in [-0.2, 0) is 16.0 Å².